The predicted molar refractivity (Wildman–Crippen MR) is 116 cm³/mol. The summed E-state index contributed by atoms with van der Waals surface area (Å²) in [5, 5.41) is 8.69. The third-order valence-electron chi connectivity index (χ3n) is 4.87. The van der Waals surface area contributed by atoms with Crippen molar-refractivity contribution in [3.05, 3.63) is 73.1 Å². The number of hydrogen-bond acceptors (Lipinski definition) is 4. The zero-order valence-electron chi connectivity index (χ0n) is 16.6. The highest BCUT2D eigenvalue weighted by molar-refractivity contribution is 5.84. The van der Waals surface area contributed by atoms with E-state index in [1.807, 2.05) is 66.9 Å². The zero-order chi connectivity index (χ0) is 20.8. The quantitative estimate of drug-likeness (QED) is 0.394. The molecular formula is C24H23N3O3. The van der Waals surface area contributed by atoms with Gasteiger partial charge in [0.25, 0.3) is 0 Å². The van der Waals surface area contributed by atoms with Gasteiger partial charge in [-0.25, -0.2) is 4.98 Å². The molecular weight excluding hydrogens is 378 g/mol. The van der Waals surface area contributed by atoms with E-state index in [4.69, 9.17) is 14.8 Å². The van der Waals surface area contributed by atoms with Gasteiger partial charge in [-0.15, -0.1) is 0 Å². The summed E-state index contributed by atoms with van der Waals surface area (Å²) in [6.45, 7) is 0.556. The minimum atomic E-state index is -0.750. The van der Waals surface area contributed by atoms with Crippen LogP contribution >= 0.6 is 0 Å². The SMILES string of the molecule is O=C(O)CCCCCOc1ccc2c(c1)nc(-c1ccccc1)n2-c1cccnc1. The molecule has 152 valence electrons. The average molecular weight is 401 g/mol. The van der Waals surface area contributed by atoms with Crippen LogP contribution in [0.2, 0.25) is 0 Å². The van der Waals surface area contributed by atoms with E-state index in [0.29, 0.717) is 13.0 Å². The average Bonchev–Trinajstić information content (AvgIpc) is 3.16. The fourth-order valence-electron chi connectivity index (χ4n) is 3.42. The molecule has 2 aromatic carbocycles. The van der Waals surface area contributed by atoms with Gasteiger partial charge >= 0.3 is 5.97 Å². The summed E-state index contributed by atoms with van der Waals surface area (Å²) in [5.41, 5.74) is 3.81. The molecule has 0 saturated heterocycles. The van der Waals surface area contributed by atoms with Crippen molar-refractivity contribution < 1.29 is 14.6 Å². The molecule has 0 spiro atoms. The first-order valence-electron chi connectivity index (χ1n) is 10.1. The summed E-state index contributed by atoms with van der Waals surface area (Å²) in [5.74, 6) is 0.861. The van der Waals surface area contributed by atoms with E-state index in [1.54, 1.807) is 6.20 Å². The van der Waals surface area contributed by atoms with Crippen molar-refractivity contribution in [2.24, 2.45) is 0 Å². The first kappa shape index (κ1) is 19.6. The summed E-state index contributed by atoms with van der Waals surface area (Å²) < 4.78 is 7.98. The Kier molecular flexibility index (Phi) is 6.03. The second-order valence-electron chi connectivity index (χ2n) is 7.05. The number of carbonyl (C=O) groups is 1. The number of carboxylic acids is 1. The van der Waals surface area contributed by atoms with Gasteiger partial charge in [-0.3, -0.25) is 14.3 Å². The first-order chi connectivity index (χ1) is 14.7. The van der Waals surface area contributed by atoms with Crippen LogP contribution in [0.1, 0.15) is 25.7 Å². The van der Waals surface area contributed by atoms with Gasteiger partial charge in [0.15, 0.2) is 0 Å². The second kappa shape index (κ2) is 9.22. The molecule has 4 aromatic rings. The van der Waals surface area contributed by atoms with E-state index in [-0.39, 0.29) is 6.42 Å². The van der Waals surface area contributed by atoms with Crippen molar-refractivity contribution in [2.75, 3.05) is 6.61 Å². The van der Waals surface area contributed by atoms with Crippen LogP contribution in [0.3, 0.4) is 0 Å². The number of benzene rings is 2. The Hall–Kier alpha value is -3.67. The van der Waals surface area contributed by atoms with Crippen molar-refractivity contribution in [3.8, 4) is 22.8 Å². The van der Waals surface area contributed by atoms with Gasteiger partial charge < -0.3 is 9.84 Å². The van der Waals surface area contributed by atoms with Crippen LogP contribution < -0.4 is 4.74 Å². The summed E-state index contributed by atoms with van der Waals surface area (Å²) in [6, 6.07) is 19.9. The maximum atomic E-state index is 10.6. The summed E-state index contributed by atoms with van der Waals surface area (Å²) in [4.78, 5) is 19.7. The lowest BCUT2D eigenvalue weighted by molar-refractivity contribution is -0.137. The van der Waals surface area contributed by atoms with Gasteiger partial charge in [0.1, 0.15) is 11.6 Å². The Labute approximate surface area is 174 Å². The largest absolute Gasteiger partial charge is 0.494 e. The zero-order valence-corrected chi connectivity index (χ0v) is 16.6. The summed E-state index contributed by atoms with van der Waals surface area (Å²) >= 11 is 0. The molecule has 0 amide bonds. The smallest absolute Gasteiger partial charge is 0.303 e. The van der Waals surface area contributed by atoms with Crippen LogP contribution in [0.4, 0.5) is 0 Å². The minimum Gasteiger partial charge on any atom is -0.494 e. The molecule has 1 N–H and O–H groups in total. The molecule has 0 radical (unpaired) electrons. The Morgan fingerprint density at radius 1 is 1.00 bits per heavy atom. The van der Waals surface area contributed by atoms with Gasteiger partial charge in [0, 0.05) is 24.2 Å². The van der Waals surface area contributed by atoms with E-state index < -0.39 is 5.97 Å². The number of carboxylic acid groups (broad SMARTS) is 1. The molecule has 0 atom stereocenters. The van der Waals surface area contributed by atoms with E-state index in [2.05, 4.69) is 9.55 Å². The number of aromatic nitrogens is 3. The summed E-state index contributed by atoms with van der Waals surface area (Å²) in [6.07, 6.45) is 6.13. The lowest BCUT2D eigenvalue weighted by Crippen LogP contribution is -1.99. The molecule has 0 aliphatic rings. The van der Waals surface area contributed by atoms with Crippen molar-refractivity contribution in [1.82, 2.24) is 14.5 Å². The highest BCUT2D eigenvalue weighted by atomic mass is 16.5. The molecule has 4 rings (SSSR count). The minimum absolute atomic E-state index is 0.208. The maximum absolute atomic E-state index is 10.6. The second-order valence-corrected chi connectivity index (χ2v) is 7.05. The molecule has 2 heterocycles. The van der Waals surface area contributed by atoms with Crippen LogP contribution in [0.5, 0.6) is 5.75 Å². The van der Waals surface area contributed by atoms with E-state index >= 15 is 0 Å². The Morgan fingerprint density at radius 3 is 2.63 bits per heavy atom. The molecule has 0 fully saturated rings. The monoisotopic (exact) mass is 401 g/mol. The highest BCUT2D eigenvalue weighted by Crippen LogP contribution is 2.30. The summed E-state index contributed by atoms with van der Waals surface area (Å²) in [7, 11) is 0. The van der Waals surface area contributed by atoms with E-state index in [9.17, 15) is 4.79 Å². The standard InChI is InChI=1S/C24H23N3O3/c28-23(29)11-5-2-6-15-30-20-12-13-22-21(16-20)26-24(18-8-3-1-4-9-18)27(22)19-10-7-14-25-17-19/h1,3-4,7-10,12-14,16-17H,2,5-6,11,15H2,(H,28,29). The number of aliphatic carboxylic acids is 1. The molecule has 0 saturated carbocycles. The molecule has 30 heavy (non-hydrogen) atoms. The molecule has 6 nitrogen and oxygen atoms in total. The number of nitrogens with zero attached hydrogens (tertiary/aromatic N) is 3. The van der Waals surface area contributed by atoms with E-state index in [1.165, 1.54) is 0 Å². The number of rotatable bonds is 9. The predicted octanol–water partition coefficient (Wildman–Crippen LogP) is 5.11. The van der Waals surface area contributed by atoms with Gasteiger partial charge in [-0.05, 0) is 43.5 Å². The Bertz CT molecular complexity index is 1120. The Morgan fingerprint density at radius 2 is 1.87 bits per heavy atom. The van der Waals surface area contributed by atoms with Crippen molar-refractivity contribution >= 4 is 17.0 Å². The van der Waals surface area contributed by atoms with Gasteiger partial charge in [-0.1, -0.05) is 30.3 Å². The van der Waals surface area contributed by atoms with Crippen molar-refractivity contribution in [3.63, 3.8) is 0 Å². The number of imidazole rings is 1. The van der Waals surface area contributed by atoms with Gasteiger partial charge in [-0.2, -0.15) is 0 Å². The van der Waals surface area contributed by atoms with Crippen LogP contribution in [-0.4, -0.2) is 32.2 Å². The van der Waals surface area contributed by atoms with Crippen molar-refractivity contribution in [1.29, 1.82) is 0 Å². The lowest BCUT2D eigenvalue weighted by Gasteiger charge is -2.09. The van der Waals surface area contributed by atoms with Crippen LogP contribution in [0.15, 0.2) is 73.1 Å². The molecule has 2 aromatic heterocycles. The van der Waals surface area contributed by atoms with Crippen LogP contribution in [-0.2, 0) is 4.79 Å². The molecule has 0 aliphatic carbocycles. The molecule has 6 heteroatoms. The number of ether oxygens (including phenoxy) is 1. The lowest BCUT2D eigenvalue weighted by atomic mass is 10.2. The number of pyridine rings is 1. The fourth-order valence-corrected chi connectivity index (χ4v) is 3.42. The topological polar surface area (TPSA) is 77.2 Å². The molecule has 0 bridgehead atoms. The molecule has 0 unspecified atom stereocenters. The van der Waals surface area contributed by atoms with E-state index in [0.717, 1.165) is 46.7 Å². The first-order valence-corrected chi connectivity index (χ1v) is 10.1. The van der Waals surface area contributed by atoms with Crippen LogP contribution in [0, 0.1) is 0 Å². The fraction of sp³-hybridized carbons (Fsp3) is 0.208. The van der Waals surface area contributed by atoms with Gasteiger partial charge in [0.05, 0.1) is 29.5 Å². The number of hydrogen-bond donors (Lipinski definition) is 1. The third kappa shape index (κ3) is 4.49. The Balaban J connectivity index is 1.59. The van der Waals surface area contributed by atoms with Crippen LogP contribution in [0.25, 0.3) is 28.1 Å². The van der Waals surface area contributed by atoms with Gasteiger partial charge in [0.2, 0.25) is 0 Å². The normalized spacial score (nSPS) is 10.9. The number of unbranched alkanes of at least 4 members (excludes halogenated alkanes) is 2. The third-order valence-corrected chi connectivity index (χ3v) is 4.87. The highest BCUT2D eigenvalue weighted by Gasteiger charge is 2.15. The maximum Gasteiger partial charge on any atom is 0.303 e. The van der Waals surface area contributed by atoms with Crippen molar-refractivity contribution in [2.45, 2.75) is 25.7 Å². The molecule has 0 aliphatic heterocycles. The number of fused-ring (bicyclic) bond motifs is 1.